The molecule has 0 saturated heterocycles. The summed E-state index contributed by atoms with van der Waals surface area (Å²) in [6.07, 6.45) is 0. The van der Waals surface area contributed by atoms with Crippen LogP contribution in [0, 0.1) is 6.92 Å². The molecule has 4 heteroatoms. The molecule has 1 heterocycles. The lowest BCUT2D eigenvalue weighted by molar-refractivity contribution is 1.18. The third-order valence-electron chi connectivity index (χ3n) is 2.38. The van der Waals surface area contributed by atoms with Gasteiger partial charge >= 0.3 is 0 Å². The van der Waals surface area contributed by atoms with E-state index in [9.17, 15) is 0 Å². The molecule has 0 spiro atoms. The topological polar surface area (TPSA) is 0 Å². The van der Waals surface area contributed by atoms with Gasteiger partial charge in [0.15, 0.2) is 0 Å². The van der Waals surface area contributed by atoms with E-state index in [-0.39, 0.29) is 4.83 Å². The molecule has 0 bridgehead atoms. The van der Waals surface area contributed by atoms with E-state index in [1.807, 2.05) is 6.07 Å². The predicted octanol–water partition coefficient (Wildman–Crippen LogP) is 5.96. The Morgan fingerprint density at radius 1 is 1.31 bits per heavy atom. The summed E-state index contributed by atoms with van der Waals surface area (Å²) < 4.78 is 0.988. The molecule has 0 amide bonds. The molecule has 2 aromatic rings. The molecule has 1 atom stereocenters. The molecule has 0 aliphatic rings. The van der Waals surface area contributed by atoms with Crippen molar-refractivity contribution in [3.05, 3.63) is 55.1 Å². The number of thiophene rings is 1. The first kappa shape index (κ1) is 12.6. The van der Waals surface area contributed by atoms with Crippen molar-refractivity contribution in [3.63, 3.8) is 0 Å². The van der Waals surface area contributed by atoms with Crippen molar-refractivity contribution in [2.24, 2.45) is 0 Å². The highest BCUT2D eigenvalue weighted by atomic mass is 79.9. The Morgan fingerprint density at radius 3 is 2.56 bits per heavy atom. The van der Waals surface area contributed by atoms with Crippen molar-refractivity contribution in [2.75, 3.05) is 0 Å². The van der Waals surface area contributed by atoms with Crippen LogP contribution < -0.4 is 0 Å². The highest BCUT2D eigenvalue weighted by Gasteiger charge is 2.16. The fourth-order valence-electron chi connectivity index (χ4n) is 1.51. The normalized spacial score (nSPS) is 12.8. The van der Waals surface area contributed by atoms with Gasteiger partial charge in [-0.05, 0) is 40.0 Å². The predicted molar refractivity (Wildman–Crippen MR) is 79.0 cm³/mol. The summed E-state index contributed by atoms with van der Waals surface area (Å²) in [5, 5.41) is 0.776. The SMILES string of the molecule is Cc1ccccc1C(Br)c1cc(Cl)c(Br)s1. The Labute approximate surface area is 121 Å². The number of hydrogen-bond donors (Lipinski definition) is 0. The first-order valence-corrected chi connectivity index (χ1v) is 7.64. The second-order valence-electron chi connectivity index (χ2n) is 3.49. The zero-order valence-electron chi connectivity index (χ0n) is 8.51. The first-order valence-electron chi connectivity index (χ1n) is 4.74. The van der Waals surface area contributed by atoms with E-state index in [1.54, 1.807) is 11.3 Å². The Balaban J connectivity index is 2.39. The van der Waals surface area contributed by atoms with Crippen LogP contribution in [0.2, 0.25) is 5.02 Å². The van der Waals surface area contributed by atoms with Crippen molar-refractivity contribution >= 4 is 54.8 Å². The number of halogens is 3. The molecule has 1 aromatic heterocycles. The molecule has 0 nitrogen and oxygen atoms in total. The summed E-state index contributed by atoms with van der Waals surface area (Å²) in [4.78, 5) is 1.42. The van der Waals surface area contributed by atoms with Crippen LogP contribution in [-0.4, -0.2) is 0 Å². The average molecular weight is 381 g/mol. The van der Waals surface area contributed by atoms with Crippen molar-refractivity contribution in [1.29, 1.82) is 0 Å². The Kier molecular flexibility index (Phi) is 4.11. The number of benzene rings is 1. The molecule has 2 rings (SSSR count). The summed E-state index contributed by atoms with van der Waals surface area (Å²) in [6, 6.07) is 10.4. The van der Waals surface area contributed by atoms with Gasteiger partial charge < -0.3 is 0 Å². The fraction of sp³-hybridized carbons (Fsp3) is 0.167. The van der Waals surface area contributed by atoms with E-state index >= 15 is 0 Å². The number of aryl methyl sites for hydroxylation is 1. The summed E-state index contributed by atoms with van der Waals surface area (Å²) in [5.74, 6) is 0. The molecule has 0 saturated carbocycles. The van der Waals surface area contributed by atoms with Gasteiger partial charge in [-0.15, -0.1) is 11.3 Å². The van der Waals surface area contributed by atoms with Gasteiger partial charge in [-0.1, -0.05) is 51.8 Å². The van der Waals surface area contributed by atoms with Crippen molar-refractivity contribution in [2.45, 2.75) is 11.8 Å². The Hall–Kier alpha value is 0.170. The average Bonchev–Trinajstić information content (AvgIpc) is 2.59. The third-order valence-corrected chi connectivity index (χ3v) is 6.20. The lowest BCUT2D eigenvalue weighted by atomic mass is 10.1. The molecule has 0 aliphatic heterocycles. The lowest BCUT2D eigenvalue weighted by Crippen LogP contribution is -1.92. The molecule has 84 valence electrons. The summed E-state index contributed by atoms with van der Waals surface area (Å²) >= 11 is 14.9. The van der Waals surface area contributed by atoms with Crippen LogP contribution in [0.3, 0.4) is 0 Å². The van der Waals surface area contributed by atoms with Crippen LogP contribution >= 0.6 is 54.8 Å². The van der Waals surface area contributed by atoms with Crippen molar-refractivity contribution in [1.82, 2.24) is 0 Å². The van der Waals surface area contributed by atoms with Crippen LogP contribution in [-0.2, 0) is 0 Å². The van der Waals surface area contributed by atoms with Gasteiger partial charge in [0.1, 0.15) is 0 Å². The molecule has 16 heavy (non-hydrogen) atoms. The minimum atomic E-state index is 0.211. The number of hydrogen-bond acceptors (Lipinski definition) is 1. The smallest absolute Gasteiger partial charge is 0.0887 e. The van der Waals surface area contributed by atoms with E-state index in [2.05, 4.69) is 63.0 Å². The molecule has 0 radical (unpaired) electrons. The van der Waals surface area contributed by atoms with E-state index in [0.29, 0.717) is 0 Å². The van der Waals surface area contributed by atoms with Gasteiger partial charge in [-0.25, -0.2) is 0 Å². The van der Waals surface area contributed by atoms with Crippen LogP contribution in [0.1, 0.15) is 20.8 Å². The van der Waals surface area contributed by atoms with Crippen molar-refractivity contribution in [3.8, 4) is 0 Å². The van der Waals surface area contributed by atoms with Crippen LogP contribution in [0.4, 0.5) is 0 Å². The van der Waals surface area contributed by atoms with E-state index in [4.69, 9.17) is 11.6 Å². The van der Waals surface area contributed by atoms with E-state index in [1.165, 1.54) is 16.0 Å². The molecular weight excluding hydrogens is 371 g/mol. The van der Waals surface area contributed by atoms with Crippen LogP contribution in [0.15, 0.2) is 34.1 Å². The Morgan fingerprint density at radius 2 is 2.00 bits per heavy atom. The lowest BCUT2D eigenvalue weighted by Gasteiger charge is -2.10. The monoisotopic (exact) mass is 378 g/mol. The molecule has 0 aliphatic carbocycles. The number of rotatable bonds is 2. The fourth-order valence-corrected chi connectivity index (χ4v) is 4.18. The highest BCUT2D eigenvalue weighted by Crippen LogP contribution is 2.41. The van der Waals surface area contributed by atoms with Crippen LogP contribution in [0.25, 0.3) is 0 Å². The highest BCUT2D eigenvalue weighted by molar-refractivity contribution is 9.11. The minimum absolute atomic E-state index is 0.211. The van der Waals surface area contributed by atoms with Gasteiger partial charge in [-0.2, -0.15) is 0 Å². The van der Waals surface area contributed by atoms with Crippen molar-refractivity contribution < 1.29 is 0 Å². The molecule has 1 aromatic carbocycles. The maximum Gasteiger partial charge on any atom is 0.0887 e. The van der Waals surface area contributed by atoms with E-state index in [0.717, 1.165) is 8.81 Å². The number of alkyl halides is 1. The molecule has 0 fully saturated rings. The standard InChI is InChI=1S/C12H9Br2ClS/c1-7-4-2-3-5-8(7)11(13)10-6-9(15)12(14)16-10/h2-6,11H,1H3. The second kappa shape index (κ2) is 5.21. The quantitative estimate of drug-likeness (QED) is 0.564. The largest absolute Gasteiger partial charge is 0.130 e. The third kappa shape index (κ3) is 2.53. The Bertz CT molecular complexity index is 488. The van der Waals surface area contributed by atoms with Crippen LogP contribution in [0.5, 0.6) is 0 Å². The molecule has 0 N–H and O–H groups in total. The van der Waals surface area contributed by atoms with Gasteiger partial charge in [0.25, 0.3) is 0 Å². The second-order valence-corrected chi connectivity index (χ2v) is 7.21. The van der Waals surface area contributed by atoms with E-state index < -0.39 is 0 Å². The van der Waals surface area contributed by atoms with Gasteiger partial charge in [-0.3, -0.25) is 0 Å². The maximum atomic E-state index is 6.04. The van der Waals surface area contributed by atoms with Gasteiger partial charge in [0.2, 0.25) is 0 Å². The molecule has 1 unspecified atom stereocenters. The summed E-state index contributed by atoms with van der Waals surface area (Å²) in [6.45, 7) is 2.12. The maximum absolute atomic E-state index is 6.04. The summed E-state index contributed by atoms with van der Waals surface area (Å²) in [7, 11) is 0. The zero-order chi connectivity index (χ0) is 11.7. The molecular formula is C12H9Br2ClS. The minimum Gasteiger partial charge on any atom is -0.130 e. The first-order chi connectivity index (χ1) is 7.59. The van der Waals surface area contributed by atoms with Gasteiger partial charge in [0, 0.05) is 4.88 Å². The van der Waals surface area contributed by atoms with Gasteiger partial charge in [0.05, 0.1) is 13.6 Å². The zero-order valence-corrected chi connectivity index (χ0v) is 13.3. The summed E-state index contributed by atoms with van der Waals surface area (Å²) in [5.41, 5.74) is 2.57.